The first-order valence-corrected chi connectivity index (χ1v) is 4.64. The minimum absolute atomic E-state index is 0.159. The molecule has 0 aliphatic carbocycles. The van der Waals surface area contributed by atoms with Crippen LogP contribution >= 0.6 is 0 Å². The lowest BCUT2D eigenvalue weighted by Gasteiger charge is -2.19. The number of hydrazine groups is 1. The first kappa shape index (κ1) is 13.7. The minimum Gasteiger partial charge on any atom is -0.480 e. The van der Waals surface area contributed by atoms with E-state index >= 15 is 0 Å². The summed E-state index contributed by atoms with van der Waals surface area (Å²) in [5, 5.41) is 8.86. The van der Waals surface area contributed by atoms with Crippen LogP contribution in [0, 0.1) is 0 Å². The number of nitrogens with two attached hydrogens (primary N) is 2. The Labute approximate surface area is 89.1 Å². The molecule has 0 rings (SSSR count). The van der Waals surface area contributed by atoms with Crippen LogP contribution in [0.4, 0.5) is 0 Å². The van der Waals surface area contributed by atoms with E-state index in [1.165, 1.54) is 0 Å². The minimum atomic E-state index is -0.825. The lowest BCUT2D eigenvalue weighted by molar-refractivity contribution is -0.142. The molecular weight excluding hydrogens is 198 g/mol. The van der Waals surface area contributed by atoms with Gasteiger partial charge in [-0.25, -0.2) is 5.84 Å². The zero-order chi connectivity index (χ0) is 11.8. The van der Waals surface area contributed by atoms with Crippen LogP contribution in [0.15, 0.2) is 4.99 Å². The maximum absolute atomic E-state index is 10.8. The van der Waals surface area contributed by atoms with Crippen molar-refractivity contribution in [1.82, 2.24) is 10.3 Å². The third-order valence-electron chi connectivity index (χ3n) is 1.97. The fraction of sp³-hybridized carbons (Fsp3) is 0.750. The highest BCUT2D eigenvalue weighted by Crippen LogP contribution is 2.03. The summed E-state index contributed by atoms with van der Waals surface area (Å²) in [4.78, 5) is 16.3. The summed E-state index contributed by atoms with van der Waals surface area (Å²) in [6, 6.07) is -0.479. The van der Waals surface area contributed by atoms with Gasteiger partial charge in [0.05, 0.1) is 0 Å². The number of hydrogen-bond donors (Lipinski definition) is 4. The lowest BCUT2D eigenvalue weighted by Crippen LogP contribution is -2.37. The van der Waals surface area contributed by atoms with Crippen molar-refractivity contribution in [3.63, 3.8) is 0 Å². The number of carboxylic acid groups (broad SMARTS) is 1. The van der Waals surface area contributed by atoms with Crippen LogP contribution in [0.3, 0.4) is 0 Å². The van der Waals surface area contributed by atoms with Crippen LogP contribution in [-0.2, 0) is 4.79 Å². The smallest absolute Gasteiger partial charge is 0.320 e. The molecule has 0 saturated carbocycles. The average molecular weight is 217 g/mol. The lowest BCUT2D eigenvalue weighted by atomic mass is 10.1. The average Bonchev–Trinajstić information content (AvgIpc) is 2.15. The Bertz CT molecular complexity index is 229. The summed E-state index contributed by atoms with van der Waals surface area (Å²) >= 11 is 0. The molecule has 0 heterocycles. The van der Waals surface area contributed by atoms with E-state index in [-0.39, 0.29) is 5.96 Å². The number of aliphatic carboxylic acids is 1. The molecule has 0 aliphatic rings. The molecular formula is C8H19N5O2. The second-order valence-corrected chi connectivity index (χ2v) is 3.37. The summed E-state index contributed by atoms with van der Waals surface area (Å²) < 4.78 is 0. The summed E-state index contributed by atoms with van der Waals surface area (Å²) in [6.07, 6.45) is 1.18. The summed E-state index contributed by atoms with van der Waals surface area (Å²) in [5.74, 6) is 4.34. The van der Waals surface area contributed by atoms with Crippen LogP contribution < -0.4 is 17.0 Å². The summed E-state index contributed by atoms with van der Waals surface area (Å²) in [7, 11) is 3.47. The summed E-state index contributed by atoms with van der Waals surface area (Å²) in [6.45, 7) is 0.466. The molecule has 0 aromatic rings. The molecule has 6 N–H and O–H groups in total. The van der Waals surface area contributed by atoms with Crippen molar-refractivity contribution in [3.05, 3.63) is 0 Å². The van der Waals surface area contributed by atoms with Crippen molar-refractivity contribution in [2.45, 2.75) is 18.9 Å². The maximum Gasteiger partial charge on any atom is 0.320 e. The van der Waals surface area contributed by atoms with Gasteiger partial charge in [-0.1, -0.05) is 0 Å². The Balaban J connectivity index is 3.87. The molecule has 0 spiro atoms. The number of likely N-dealkylation sites (N-methyl/N-ethyl adjacent to an activating group) is 1. The maximum atomic E-state index is 10.8. The molecule has 15 heavy (non-hydrogen) atoms. The molecule has 0 saturated heterocycles. The van der Waals surface area contributed by atoms with Gasteiger partial charge < -0.3 is 10.8 Å². The van der Waals surface area contributed by atoms with Crippen molar-refractivity contribution in [2.24, 2.45) is 16.6 Å². The monoisotopic (exact) mass is 217 g/mol. The van der Waals surface area contributed by atoms with Gasteiger partial charge in [-0.15, -0.1) is 0 Å². The molecule has 0 aliphatic heterocycles. The fourth-order valence-electron chi connectivity index (χ4n) is 1.13. The quantitative estimate of drug-likeness (QED) is 0.142. The van der Waals surface area contributed by atoms with E-state index in [9.17, 15) is 4.79 Å². The molecule has 88 valence electrons. The van der Waals surface area contributed by atoms with Crippen LogP contribution in [0.25, 0.3) is 0 Å². The van der Waals surface area contributed by atoms with Gasteiger partial charge >= 0.3 is 5.97 Å². The topological polar surface area (TPSA) is 117 Å². The van der Waals surface area contributed by atoms with Gasteiger partial charge in [0, 0.05) is 6.54 Å². The largest absolute Gasteiger partial charge is 0.480 e. The number of carboxylic acids is 1. The van der Waals surface area contributed by atoms with E-state index in [0.717, 1.165) is 0 Å². The first-order chi connectivity index (χ1) is 6.99. The highest BCUT2D eigenvalue weighted by Gasteiger charge is 2.18. The molecule has 1 unspecified atom stereocenters. The number of nitrogens with zero attached hydrogens (tertiary/aromatic N) is 2. The van der Waals surface area contributed by atoms with Gasteiger partial charge in [0.25, 0.3) is 0 Å². The molecule has 0 aromatic heterocycles. The van der Waals surface area contributed by atoms with E-state index in [1.54, 1.807) is 19.0 Å². The second kappa shape index (κ2) is 7.02. The van der Waals surface area contributed by atoms with Crippen molar-refractivity contribution < 1.29 is 9.90 Å². The molecule has 0 radical (unpaired) electrons. The fourth-order valence-corrected chi connectivity index (χ4v) is 1.13. The highest BCUT2D eigenvalue weighted by atomic mass is 16.4. The van der Waals surface area contributed by atoms with Crippen LogP contribution in [0.1, 0.15) is 12.8 Å². The van der Waals surface area contributed by atoms with Gasteiger partial charge in [0.1, 0.15) is 6.04 Å². The number of nitrogens with one attached hydrogen (secondary N) is 1. The van der Waals surface area contributed by atoms with Gasteiger partial charge in [-0.05, 0) is 26.9 Å². The van der Waals surface area contributed by atoms with Crippen molar-refractivity contribution in [1.29, 1.82) is 0 Å². The Morgan fingerprint density at radius 2 is 2.20 bits per heavy atom. The second-order valence-electron chi connectivity index (χ2n) is 3.37. The van der Waals surface area contributed by atoms with Crippen LogP contribution in [-0.4, -0.2) is 48.6 Å². The van der Waals surface area contributed by atoms with E-state index in [1.807, 2.05) is 0 Å². The zero-order valence-corrected chi connectivity index (χ0v) is 9.10. The Morgan fingerprint density at radius 3 is 2.60 bits per heavy atom. The molecule has 1 atom stereocenters. The predicted octanol–water partition coefficient (Wildman–Crippen LogP) is -1.44. The molecule has 0 fully saturated rings. The number of guanidine groups is 1. The number of hydrogen-bond acceptors (Lipinski definition) is 4. The number of rotatable bonds is 6. The van der Waals surface area contributed by atoms with Crippen LogP contribution in [0.5, 0.6) is 0 Å². The molecule has 0 aromatic carbocycles. The number of aliphatic imine (C=N–C) groups is 1. The van der Waals surface area contributed by atoms with Crippen molar-refractivity contribution in [2.75, 3.05) is 20.6 Å². The van der Waals surface area contributed by atoms with Gasteiger partial charge in [0.2, 0.25) is 5.96 Å². The number of carbonyl (C=O) groups is 1. The standard InChI is InChI=1S/C8H19N5O2/c1-13(2)6(7(14)15)4-3-5-11-8(9)12-10/h6H,3-5,10H2,1-2H3,(H,14,15)(H3,9,11,12). The van der Waals surface area contributed by atoms with Gasteiger partial charge in [-0.3, -0.25) is 20.1 Å². The van der Waals surface area contributed by atoms with E-state index in [0.29, 0.717) is 19.4 Å². The van der Waals surface area contributed by atoms with E-state index in [2.05, 4.69) is 10.4 Å². The predicted molar refractivity (Wildman–Crippen MR) is 58.2 cm³/mol. The molecule has 0 bridgehead atoms. The molecule has 0 amide bonds. The SMILES string of the molecule is CN(C)C(CCCN=C(N)NN)C(=O)O. The zero-order valence-electron chi connectivity index (χ0n) is 9.10. The van der Waals surface area contributed by atoms with Crippen molar-refractivity contribution in [3.8, 4) is 0 Å². The van der Waals surface area contributed by atoms with Crippen LogP contribution in [0.2, 0.25) is 0 Å². The van der Waals surface area contributed by atoms with E-state index < -0.39 is 12.0 Å². The Kier molecular flexibility index (Phi) is 6.39. The highest BCUT2D eigenvalue weighted by molar-refractivity contribution is 5.77. The van der Waals surface area contributed by atoms with Crippen molar-refractivity contribution >= 4 is 11.9 Å². The van der Waals surface area contributed by atoms with Gasteiger partial charge in [0.15, 0.2) is 0 Å². The molecule has 7 heteroatoms. The van der Waals surface area contributed by atoms with Gasteiger partial charge in [-0.2, -0.15) is 0 Å². The Morgan fingerprint density at radius 1 is 1.60 bits per heavy atom. The third kappa shape index (κ3) is 5.87. The first-order valence-electron chi connectivity index (χ1n) is 4.64. The van der Waals surface area contributed by atoms with E-state index in [4.69, 9.17) is 16.7 Å². The third-order valence-corrected chi connectivity index (χ3v) is 1.97. The normalized spacial score (nSPS) is 14.0. The summed E-state index contributed by atoms with van der Waals surface area (Å²) in [5.41, 5.74) is 7.50. The Hall–Kier alpha value is -1.34. The molecule has 7 nitrogen and oxygen atoms in total.